The summed E-state index contributed by atoms with van der Waals surface area (Å²) in [6.07, 6.45) is 0. The van der Waals surface area contributed by atoms with Gasteiger partial charge in [-0.1, -0.05) is 74.5 Å². The van der Waals surface area contributed by atoms with Crippen LogP contribution >= 0.6 is 0 Å². The van der Waals surface area contributed by atoms with Crippen molar-refractivity contribution in [2.75, 3.05) is 0 Å². The zero-order valence-electron chi connectivity index (χ0n) is 11.1. The van der Waals surface area contributed by atoms with Crippen LogP contribution in [0.25, 0.3) is 0 Å². The fourth-order valence-electron chi connectivity index (χ4n) is 2.22. The van der Waals surface area contributed by atoms with E-state index in [1.165, 1.54) is 11.1 Å². The minimum absolute atomic E-state index is 0.409. The minimum Gasteiger partial charge on any atom is -0.306 e. The molecule has 0 aromatic heterocycles. The first kappa shape index (κ1) is 12.8. The Labute approximate surface area is 110 Å². The van der Waals surface area contributed by atoms with Gasteiger partial charge in [-0.25, -0.2) is 0 Å². The monoisotopic (exact) mass is 239 g/mol. The molecule has 2 rings (SSSR count). The van der Waals surface area contributed by atoms with Gasteiger partial charge in [0.15, 0.2) is 0 Å². The predicted molar refractivity (Wildman–Crippen MR) is 77.3 cm³/mol. The van der Waals surface area contributed by atoms with Crippen LogP contribution in [0.15, 0.2) is 60.7 Å². The number of rotatable bonds is 5. The van der Waals surface area contributed by atoms with Crippen molar-refractivity contribution in [3.05, 3.63) is 71.8 Å². The zero-order chi connectivity index (χ0) is 12.8. The molecule has 1 unspecified atom stereocenters. The zero-order valence-corrected chi connectivity index (χ0v) is 11.1. The molecule has 0 aliphatic carbocycles. The van der Waals surface area contributed by atoms with Crippen molar-refractivity contribution in [3.63, 3.8) is 0 Å². The molecule has 0 bridgehead atoms. The Morgan fingerprint density at radius 1 is 0.833 bits per heavy atom. The summed E-state index contributed by atoms with van der Waals surface area (Å²) in [5.74, 6) is 0.580. The largest absolute Gasteiger partial charge is 0.306 e. The SMILES string of the molecule is CC(C)C(NCc1ccccc1)c1ccccc1. The lowest BCUT2D eigenvalue weighted by molar-refractivity contribution is 0.410. The van der Waals surface area contributed by atoms with Crippen molar-refractivity contribution in [1.82, 2.24) is 5.32 Å². The molecule has 2 aromatic rings. The first-order valence-electron chi connectivity index (χ1n) is 6.59. The Morgan fingerprint density at radius 3 is 1.94 bits per heavy atom. The molecule has 2 aromatic carbocycles. The van der Waals surface area contributed by atoms with E-state index in [4.69, 9.17) is 0 Å². The molecule has 0 saturated heterocycles. The molecule has 0 spiro atoms. The predicted octanol–water partition coefficient (Wildman–Crippen LogP) is 4.17. The van der Waals surface area contributed by atoms with Crippen LogP contribution in [0.2, 0.25) is 0 Å². The molecular weight excluding hydrogens is 218 g/mol. The molecule has 0 amide bonds. The average molecular weight is 239 g/mol. The average Bonchev–Trinajstić information content (AvgIpc) is 2.41. The van der Waals surface area contributed by atoms with Gasteiger partial charge in [0.1, 0.15) is 0 Å². The maximum Gasteiger partial charge on any atom is 0.0346 e. The highest BCUT2D eigenvalue weighted by atomic mass is 14.9. The smallest absolute Gasteiger partial charge is 0.0346 e. The summed E-state index contributed by atoms with van der Waals surface area (Å²) in [7, 11) is 0. The normalized spacial score (nSPS) is 12.6. The molecule has 18 heavy (non-hydrogen) atoms. The Balaban J connectivity index is 2.04. The molecule has 94 valence electrons. The lowest BCUT2D eigenvalue weighted by Gasteiger charge is -2.23. The van der Waals surface area contributed by atoms with Crippen molar-refractivity contribution in [2.24, 2.45) is 5.92 Å². The Morgan fingerprint density at radius 2 is 1.39 bits per heavy atom. The van der Waals surface area contributed by atoms with Gasteiger partial charge in [0.2, 0.25) is 0 Å². The maximum atomic E-state index is 3.65. The third-order valence-electron chi connectivity index (χ3n) is 3.19. The Hall–Kier alpha value is -1.60. The number of hydrogen-bond acceptors (Lipinski definition) is 1. The third-order valence-corrected chi connectivity index (χ3v) is 3.19. The Kier molecular flexibility index (Phi) is 4.54. The molecule has 0 heterocycles. The van der Waals surface area contributed by atoms with Crippen LogP contribution in [0.4, 0.5) is 0 Å². The van der Waals surface area contributed by atoms with E-state index in [9.17, 15) is 0 Å². The minimum atomic E-state index is 0.409. The highest BCUT2D eigenvalue weighted by Crippen LogP contribution is 2.21. The van der Waals surface area contributed by atoms with Crippen LogP contribution in [-0.2, 0) is 6.54 Å². The van der Waals surface area contributed by atoms with E-state index in [0.29, 0.717) is 12.0 Å². The van der Waals surface area contributed by atoms with Gasteiger partial charge in [-0.2, -0.15) is 0 Å². The highest BCUT2D eigenvalue weighted by Gasteiger charge is 2.14. The first-order chi connectivity index (χ1) is 8.77. The first-order valence-corrected chi connectivity index (χ1v) is 6.59. The highest BCUT2D eigenvalue weighted by molar-refractivity contribution is 5.20. The molecule has 0 aliphatic rings. The molecule has 1 atom stereocenters. The van der Waals surface area contributed by atoms with Crippen LogP contribution in [0, 0.1) is 5.92 Å². The van der Waals surface area contributed by atoms with Crippen molar-refractivity contribution < 1.29 is 0 Å². The second kappa shape index (κ2) is 6.36. The van der Waals surface area contributed by atoms with E-state index in [1.807, 2.05) is 0 Å². The van der Waals surface area contributed by atoms with Gasteiger partial charge in [-0.05, 0) is 17.0 Å². The summed E-state index contributed by atoms with van der Waals surface area (Å²) in [6, 6.07) is 21.6. The van der Waals surface area contributed by atoms with Gasteiger partial charge >= 0.3 is 0 Å². The van der Waals surface area contributed by atoms with Crippen LogP contribution in [0.3, 0.4) is 0 Å². The van der Waals surface area contributed by atoms with Gasteiger partial charge in [-0.3, -0.25) is 0 Å². The van der Waals surface area contributed by atoms with E-state index in [1.54, 1.807) is 0 Å². The van der Waals surface area contributed by atoms with Crippen molar-refractivity contribution >= 4 is 0 Å². The third kappa shape index (κ3) is 3.44. The second-order valence-electron chi connectivity index (χ2n) is 5.00. The van der Waals surface area contributed by atoms with Gasteiger partial charge in [-0.15, -0.1) is 0 Å². The summed E-state index contributed by atoms with van der Waals surface area (Å²) in [6.45, 7) is 5.43. The summed E-state index contributed by atoms with van der Waals surface area (Å²) in [5.41, 5.74) is 2.70. The van der Waals surface area contributed by atoms with Crippen LogP contribution in [0.5, 0.6) is 0 Å². The number of hydrogen-bond donors (Lipinski definition) is 1. The molecular formula is C17H21N. The molecule has 1 nitrogen and oxygen atoms in total. The summed E-state index contributed by atoms with van der Waals surface area (Å²) in [4.78, 5) is 0. The van der Waals surface area contributed by atoms with Gasteiger partial charge in [0.25, 0.3) is 0 Å². The fraction of sp³-hybridized carbons (Fsp3) is 0.294. The van der Waals surface area contributed by atoms with Crippen molar-refractivity contribution in [1.29, 1.82) is 0 Å². The Bertz CT molecular complexity index is 448. The van der Waals surface area contributed by atoms with Crippen molar-refractivity contribution in [3.8, 4) is 0 Å². The van der Waals surface area contributed by atoms with E-state index in [0.717, 1.165) is 6.54 Å². The quantitative estimate of drug-likeness (QED) is 0.825. The number of benzene rings is 2. The summed E-state index contributed by atoms with van der Waals surface area (Å²) >= 11 is 0. The van der Waals surface area contributed by atoms with Crippen LogP contribution < -0.4 is 5.32 Å². The maximum absolute atomic E-state index is 3.65. The standard InChI is InChI=1S/C17H21N/c1-14(2)17(16-11-7-4-8-12-16)18-13-15-9-5-3-6-10-15/h3-12,14,17-18H,13H2,1-2H3. The van der Waals surface area contributed by atoms with E-state index in [-0.39, 0.29) is 0 Å². The second-order valence-corrected chi connectivity index (χ2v) is 5.00. The van der Waals surface area contributed by atoms with E-state index >= 15 is 0 Å². The molecule has 1 N–H and O–H groups in total. The lowest BCUT2D eigenvalue weighted by atomic mass is 9.96. The fourth-order valence-corrected chi connectivity index (χ4v) is 2.22. The molecule has 0 fully saturated rings. The van der Waals surface area contributed by atoms with E-state index < -0.39 is 0 Å². The van der Waals surface area contributed by atoms with Crippen LogP contribution in [0.1, 0.15) is 31.0 Å². The number of nitrogens with one attached hydrogen (secondary N) is 1. The van der Waals surface area contributed by atoms with E-state index in [2.05, 4.69) is 79.8 Å². The summed E-state index contributed by atoms with van der Waals surface area (Å²) < 4.78 is 0. The molecule has 0 saturated carbocycles. The topological polar surface area (TPSA) is 12.0 Å². The van der Waals surface area contributed by atoms with Crippen LogP contribution in [-0.4, -0.2) is 0 Å². The molecule has 1 heteroatoms. The molecule has 0 radical (unpaired) electrons. The van der Waals surface area contributed by atoms with Gasteiger partial charge in [0.05, 0.1) is 0 Å². The molecule has 0 aliphatic heterocycles. The van der Waals surface area contributed by atoms with Gasteiger partial charge < -0.3 is 5.32 Å². The van der Waals surface area contributed by atoms with Crippen molar-refractivity contribution in [2.45, 2.75) is 26.4 Å². The lowest BCUT2D eigenvalue weighted by Crippen LogP contribution is -2.25. The summed E-state index contributed by atoms with van der Waals surface area (Å²) in [5, 5.41) is 3.65. The van der Waals surface area contributed by atoms with Gasteiger partial charge in [0, 0.05) is 12.6 Å².